The lowest BCUT2D eigenvalue weighted by molar-refractivity contribution is 0.102. The van der Waals surface area contributed by atoms with Gasteiger partial charge in [-0.1, -0.05) is 18.2 Å². The molecule has 0 saturated carbocycles. The molecule has 0 radical (unpaired) electrons. The van der Waals surface area contributed by atoms with Crippen LogP contribution in [0, 0.1) is 0 Å². The molecule has 0 atom stereocenters. The Morgan fingerprint density at radius 1 is 0.806 bits per heavy atom. The van der Waals surface area contributed by atoms with E-state index in [2.05, 4.69) is 5.32 Å². The minimum atomic E-state index is -0.238. The largest absolute Gasteiger partial charge is 0.497 e. The lowest BCUT2D eigenvalue weighted by Crippen LogP contribution is -2.14. The smallest absolute Gasteiger partial charge is 0.255 e. The van der Waals surface area contributed by atoms with Crippen molar-refractivity contribution < 1.29 is 23.7 Å². The second-order valence-electron chi connectivity index (χ2n) is 6.61. The highest BCUT2D eigenvalue weighted by Gasteiger charge is 2.14. The maximum atomic E-state index is 12.9. The number of carbonyl (C=O) groups excluding carboxylic acids is 1. The van der Waals surface area contributed by atoms with E-state index >= 15 is 0 Å². The predicted octanol–water partition coefficient (Wildman–Crippen LogP) is 5.32. The van der Waals surface area contributed by atoms with Crippen molar-refractivity contribution in [3.05, 3.63) is 77.9 Å². The van der Waals surface area contributed by atoms with Gasteiger partial charge in [-0.2, -0.15) is 0 Å². The van der Waals surface area contributed by atoms with Crippen LogP contribution in [-0.4, -0.2) is 26.2 Å². The summed E-state index contributed by atoms with van der Waals surface area (Å²) < 4.78 is 22.5. The molecule has 1 N–H and O–H groups in total. The number of carbonyl (C=O) groups is 1. The summed E-state index contributed by atoms with van der Waals surface area (Å²) in [6.07, 6.45) is 0. The lowest BCUT2D eigenvalue weighted by atomic mass is 10.1. The Bertz CT molecular complexity index is 1020. The maximum absolute atomic E-state index is 12.9. The third kappa shape index (κ3) is 5.92. The van der Waals surface area contributed by atoms with E-state index in [0.717, 1.165) is 5.56 Å². The first kappa shape index (κ1) is 22.0. The van der Waals surface area contributed by atoms with Crippen molar-refractivity contribution in [2.24, 2.45) is 0 Å². The van der Waals surface area contributed by atoms with E-state index in [-0.39, 0.29) is 12.5 Å². The molecule has 6 nitrogen and oxygen atoms in total. The second kappa shape index (κ2) is 10.9. The van der Waals surface area contributed by atoms with Crippen molar-refractivity contribution in [3.8, 4) is 23.0 Å². The van der Waals surface area contributed by atoms with Gasteiger partial charge in [-0.3, -0.25) is 4.79 Å². The molecule has 6 heteroatoms. The average molecular weight is 421 g/mol. The number of amides is 1. The van der Waals surface area contributed by atoms with Gasteiger partial charge in [0.05, 0.1) is 26.0 Å². The summed E-state index contributed by atoms with van der Waals surface area (Å²) in [6, 6.07) is 20.0. The number of nitrogens with one attached hydrogen (secondary N) is 1. The number of ether oxygens (including phenoxy) is 4. The van der Waals surface area contributed by atoms with Gasteiger partial charge in [-0.05, 0) is 56.3 Å². The Kier molecular flexibility index (Phi) is 7.76. The normalized spacial score (nSPS) is 10.3. The Labute approximate surface area is 182 Å². The highest BCUT2D eigenvalue weighted by molar-refractivity contribution is 6.05. The van der Waals surface area contributed by atoms with Crippen LogP contribution in [0.2, 0.25) is 0 Å². The number of methoxy groups -OCH3 is 1. The Balaban J connectivity index is 1.79. The van der Waals surface area contributed by atoms with Gasteiger partial charge in [0.25, 0.3) is 5.91 Å². The number of anilines is 1. The molecule has 0 aromatic heterocycles. The van der Waals surface area contributed by atoms with Crippen LogP contribution in [0.25, 0.3) is 0 Å². The highest BCUT2D eigenvalue weighted by Crippen LogP contribution is 2.27. The molecule has 0 unspecified atom stereocenters. The summed E-state index contributed by atoms with van der Waals surface area (Å²) in [6.45, 7) is 5.10. The molecule has 0 heterocycles. The van der Waals surface area contributed by atoms with E-state index in [0.29, 0.717) is 47.5 Å². The number of para-hydroxylation sites is 2. The molecule has 0 spiro atoms. The highest BCUT2D eigenvalue weighted by atomic mass is 16.5. The van der Waals surface area contributed by atoms with Gasteiger partial charge in [0.15, 0.2) is 0 Å². The van der Waals surface area contributed by atoms with Gasteiger partial charge in [0, 0.05) is 17.2 Å². The SMILES string of the molecule is CCOc1ccc(C(=O)Nc2ccccc2OCC)cc1COc1cccc(OC)c1. The van der Waals surface area contributed by atoms with Gasteiger partial charge in [-0.25, -0.2) is 0 Å². The number of rotatable bonds is 10. The van der Waals surface area contributed by atoms with Gasteiger partial charge < -0.3 is 24.3 Å². The fraction of sp³-hybridized carbons (Fsp3) is 0.240. The van der Waals surface area contributed by atoms with Gasteiger partial charge in [0.1, 0.15) is 29.6 Å². The second-order valence-corrected chi connectivity index (χ2v) is 6.61. The van der Waals surface area contributed by atoms with Crippen molar-refractivity contribution in [1.29, 1.82) is 0 Å². The van der Waals surface area contributed by atoms with Crippen molar-refractivity contribution in [2.45, 2.75) is 20.5 Å². The minimum Gasteiger partial charge on any atom is -0.497 e. The predicted molar refractivity (Wildman–Crippen MR) is 121 cm³/mol. The minimum absolute atomic E-state index is 0.238. The van der Waals surface area contributed by atoms with Gasteiger partial charge in [-0.15, -0.1) is 0 Å². The maximum Gasteiger partial charge on any atom is 0.255 e. The van der Waals surface area contributed by atoms with E-state index in [1.54, 1.807) is 25.3 Å². The number of benzene rings is 3. The first-order valence-corrected chi connectivity index (χ1v) is 10.2. The molecule has 31 heavy (non-hydrogen) atoms. The van der Waals surface area contributed by atoms with Crippen LogP contribution < -0.4 is 24.3 Å². The molecule has 0 bridgehead atoms. The zero-order valence-electron chi connectivity index (χ0n) is 18.0. The summed E-state index contributed by atoms with van der Waals surface area (Å²) in [5.41, 5.74) is 1.90. The van der Waals surface area contributed by atoms with E-state index < -0.39 is 0 Å². The van der Waals surface area contributed by atoms with Gasteiger partial charge in [0.2, 0.25) is 0 Å². The molecule has 3 aromatic rings. The topological polar surface area (TPSA) is 66.0 Å². The monoisotopic (exact) mass is 421 g/mol. The van der Waals surface area contributed by atoms with Crippen molar-refractivity contribution in [3.63, 3.8) is 0 Å². The van der Waals surface area contributed by atoms with Crippen molar-refractivity contribution in [1.82, 2.24) is 0 Å². The van der Waals surface area contributed by atoms with Crippen molar-refractivity contribution in [2.75, 3.05) is 25.6 Å². The van der Waals surface area contributed by atoms with Crippen molar-refractivity contribution >= 4 is 11.6 Å². The summed E-state index contributed by atoms with van der Waals surface area (Å²) in [7, 11) is 1.61. The van der Waals surface area contributed by atoms with E-state index in [1.165, 1.54) is 0 Å². The fourth-order valence-corrected chi connectivity index (χ4v) is 3.03. The zero-order chi connectivity index (χ0) is 22.1. The molecule has 162 valence electrons. The summed E-state index contributed by atoms with van der Waals surface area (Å²) in [5.74, 6) is 2.45. The molecule has 0 aliphatic heterocycles. The first-order chi connectivity index (χ1) is 15.1. The Morgan fingerprint density at radius 2 is 1.55 bits per heavy atom. The summed E-state index contributed by atoms with van der Waals surface area (Å²) in [4.78, 5) is 12.9. The first-order valence-electron chi connectivity index (χ1n) is 10.2. The molecule has 0 saturated heterocycles. The van der Waals surface area contributed by atoms with Crippen LogP contribution >= 0.6 is 0 Å². The van der Waals surface area contributed by atoms with E-state index in [9.17, 15) is 4.79 Å². The van der Waals surface area contributed by atoms with E-state index in [4.69, 9.17) is 18.9 Å². The Morgan fingerprint density at radius 3 is 2.32 bits per heavy atom. The average Bonchev–Trinajstić information content (AvgIpc) is 2.80. The molecule has 0 aliphatic carbocycles. The summed E-state index contributed by atoms with van der Waals surface area (Å²) >= 11 is 0. The Hall–Kier alpha value is -3.67. The van der Waals surface area contributed by atoms with Crippen LogP contribution in [0.15, 0.2) is 66.7 Å². The van der Waals surface area contributed by atoms with Crippen LogP contribution in [0.1, 0.15) is 29.8 Å². The standard InChI is InChI=1S/C25H27NO5/c1-4-29-23-14-13-18(25(27)26-22-11-6-7-12-24(22)30-5-2)15-19(23)17-31-21-10-8-9-20(16-21)28-3/h6-16H,4-5,17H2,1-3H3,(H,26,27). The molecule has 0 fully saturated rings. The van der Waals surface area contributed by atoms with Crippen LogP contribution in [0.4, 0.5) is 5.69 Å². The number of hydrogen-bond donors (Lipinski definition) is 1. The van der Waals surface area contributed by atoms with E-state index in [1.807, 2.05) is 62.4 Å². The fourth-order valence-electron chi connectivity index (χ4n) is 3.03. The number of hydrogen-bond acceptors (Lipinski definition) is 5. The van der Waals surface area contributed by atoms with Gasteiger partial charge >= 0.3 is 0 Å². The van der Waals surface area contributed by atoms with Crippen LogP contribution in [0.5, 0.6) is 23.0 Å². The molecule has 0 aliphatic rings. The molecule has 1 amide bonds. The third-order valence-electron chi connectivity index (χ3n) is 4.49. The van der Waals surface area contributed by atoms with Crippen LogP contribution in [0.3, 0.4) is 0 Å². The summed E-state index contributed by atoms with van der Waals surface area (Å²) in [5, 5.41) is 2.92. The molecular weight excluding hydrogens is 394 g/mol. The molecule has 3 rings (SSSR count). The zero-order valence-corrected chi connectivity index (χ0v) is 18.0. The molecule has 3 aromatic carbocycles. The third-order valence-corrected chi connectivity index (χ3v) is 4.49. The molecular formula is C25H27NO5. The lowest BCUT2D eigenvalue weighted by Gasteiger charge is -2.15. The van der Waals surface area contributed by atoms with Crippen LogP contribution in [-0.2, 0) is 6.61 Å². The quantitative estimate of drug-likeness (QED) is 0.480.